The topological polar surface area (TPSA) is 88.2 Å². The predicted octanol–water partition coefficient (Wildman–Crippen LogP) is 1.86. The molecule has 1 aliphatic rings. The lowest BCUT2D eigenvalue weighted by atomic mass is 10.0. The van der Waals surface area contributed by atoms with Gasteiger partial charge in [0.05, 0.1) is 5.84 Å². The van der Waals surface area contributed by atoms with Crippen LogP contribution in [0.15, 0.2) is 0 Å². The third kappa shape index (κ3) is 5.06. The van der Waals surface area contributed by atoms with E-state index in [4.69, 9.17) is 15.9 Å². The second-order valence-electron chi connectivity index (χ2n) is 5.71. The third-order valence-electron chi connectivity index (χ3n) is 2.92. The molecule has 0 aliphatic heterocycles. The number of rotatable bonds is 3. The molecule has 1 amide bonds. The van der Waals surface area contributed by atoms with Gasteiger partial charge in [-0.05, 0) is 46.0 Å². The first kappa shape index (κ1) is 13.8. The largest absolute Gasteiger partial charge is 0.444 e. The van der Waals surface area contributed by atoms with Gasteiger partial charge in [-0.3, -0.25) is 5.41 Å². The molecule has 0 saturated heterocycles. The molecular formula is C12H23N3O2. The van der Waals surface area contributed by atoms with E-state index in [2.05, 4.69) is 5.32 Å². The number of ether oxygens (including phenoxy) is 1. The van der Waals surface area contributed by atoms with E-state index in [9.17, 15) is 4.79 Å². The summed E-state index contributed by atoms with van der Waals surface area (Å²) in [6.07, 6.45) is 2.49. The van der Waals surface area contributed by atoms with Crippen LogP contribution in [0.5, 0.6) is 0 Å². The van der Waals surface area contributed by atoms with E-state index in [0.717, 1.165) is 19.3 Å². The van der Waals surface area contributed by atoms with Gasteiger partial charge < -0.3 is 15.8 Å². The molecule has 1 saturated carbocycles. The number of alkyl carbamates (subject to hydrolysis) is 1. The highest BCUT2D eigenvalue weighted by atomic mass is 16.6. The zero-order valence-corrected chi connectivity index (χ0v) is 10.9. The van der Waals surface area contributed by atoms with Crippen molar-refractivity contribution < 1.29 is 9.53 Å². The molecule has 0 aromatic rings. The highest BCUT2D eigenvalue weighted by Gasteiger charge is 2.27. The number of amides is 1. The average Bonchev–Trinajstić information content (AvgIpc) is 2.60. The van der Waals surface area contributed by atoms with Crippen molar-refractivity contribution >= 4 is 11.9 Å². The lowest BCUT2D eigenvalue weighted by molar-refractivity contribution is 0.0519. The van der Waals surface area contributed by atoms with E-state index >= 15 is 0 Å². The number of carbonyl (C=O) groups is 1. The van der Waals surface area contributed by atoms with Crippen LogP contribution in [0, 0.1) is 17.2 Å². The summed E-state index contributed by atoms with van der Waals surface area (Å²) >= 11 is 0. The molecule has 1 rings (SSSR count). The van der Waals surface area contributed by atoms with Gasteiger partial charge in [0.15, 0.2) is 0 Å². The fourth-order valence-corrected chi connectivity index (χ4v) is 2.08. The number of hydrogen-bond donors (Lipinski definition) is 3. The van der Waals surface area contributed by atoms with Crippen molar-refractivity contribution in [3.63, 3.8) is 0 Å². The van der Waals surface area contributed by atoms with Crippen molar-refractivity contribution in [1.29, 1.82) is 5.41 Å². The van der Waals surface area contributed by atoms with Gasteiger partial charge in [0.1, 0.15) is 5.60 Å². The Morgan fingerprint density at radius 3 is 2.59 bits per heavy atom. The van der Waals surface area contributed by atoms with Crippen molar-refractivity contribution in [2.24, 2.45) is 17.6 Å². The van der Waals surface area contributed by atoms with Gasteiger partial charge in [-0.2, -0.15) is 0 Å². The van der Waals surface area contributed by atoms with Gasteiger partial charge in [0, 0.05) is 12.5 Å². The molecule has 0 heterocycles. The second kappa shape index (κ2) is 5.38. The first-order chi connectivity index (χ1) is 7.78. The van der Waals surface area contributed by atoms with Crippen LogP contribution >= 0.6 is 0 Å². The van der Waals surface area contributed by atoms with Gasteiger partial charge in [0.25, 0.3) is 0 Å². The van der Waals surface area contributed by atoms with Crippen molar-refractivity contribution in [2.45, 2.75) is 45.6 Å². The maximum absolute atomic E-state index is 11.4. The normalized spacial score (nSPS) is 24.4. The predicted molar refractivity (Wildman–Crippen MR) is 67.0 cm³/mol. The van der Waals surface area contributed by atoms with E-state index < -0.39 is 5.60 Å². The summed E-state index contributed by atoms with van der Waals surface area (Å²) in [5, 5.41) is 10.2. The zero-order chi connectivity index (χ0) is 13.1. The first-order valence-corrected chi connectivity index (χ1v) is 6.08. The monoisotopic (exact) mass is 241 g/mol. The van der Waals surface area contributed by atoms with Crippen molar-refractivity contribution in [2.75, 3.05) is 6.54 Å². The number of carbonyl (C=O) groups excluding carboxylic acids is 1. The fraction of sp³-hybridized carbons (Fsp3) is 0.833. The van der Waals surface area contributed by atoms with E-state index in [0.29, 0.717) is 12.5 Å². The number of amidine groups is 1. The summed E-state index contributed by atoms with van der Waals surface area (Å²) in [5.41, 5.74) is 5.01. The lowest BCUT2D eigenvalue weighted by Gasteiger charge is -2.20. The van der Waals surface area contributed by atoms with Crippen LogP contribution < -0.4 is 11.1 Å². The minimum atomic E-state index is -0.457. The van der Waals surface area contributed by atoms with Gasteiger partial charge in [0.2, 0.25) is 0 Å². The summed E-state index contributed by atoms with van der Waals surface area (Å²) < 4.78 is 5.15. The number of hydrogen-bond acceptors (Lipinski definition) is 3. The number of nitrogens with two attached hydrogens (primary N) is 1. The quantitative estimate of drug-likeness (QED) is 0.520. The van der Waals surface area contributed by atoms with Crippen molar-refractivity contribution in [3.05, 3.63) is 0 Å². The second-order valence-corrected chi connectivity index (χ2v) is 5.71. The van der Waals surface area contributed by atoms with Crippen LogP contribution in [0.2, 0.25) is 0 Å². The molecule has 98 valence electrons. The Morgan fingerprint density at radius 1 is 1.47 bits per heavy atom. The molecule has 1 aliphatic carbocycles. The van der Waals surface area contributed by atoms with E-state index in [1.807, 2.05) is 20.8 Å². The van der Waals surface area contributed by atoms with Crippen LogP contribution in [0.1, 0.15) is 40.0 Å². The summed E-state index contributed by atoms with van der Waals surface area (Å²) in [6.45, 7) is 6.13. The molecule has 4 N–H and O–H groups in total. The maximum Gasteiger partial charge on any atom is 0.407 e. The van der Waals surface area contributed by atoms with Crippen molar-refractivity contribution in [3.8, 4) is 0 Å². The maximum atomic E-state index is 11.4. The van der Waals surface area contributed by atoms with Gasteiger partial charge in [-0.25, -0.2) is 4.79 Å². The Labute approximate surface area is 103 Å². The van der Waals surface area contributed by atoms with Crippen LogP contribution in [0.4, 0.5) is 4.79 Å². The molecular weight excluding hydrogens is 218 g/mol. The summed E-state index contributed by atoms with van der Waals surface area (Å²) in [5.74, 6) is 0.877. The molecule has 17 heavy (non-hydrogen) atoms. The molecule has 0 radical (unpaired) electrons. The fourth-order valence-electron chi connectivity index (χ4n) is 2.08. The van der Waals surface area contributed by atoms with E-state index in [1.54, 1.807) is 0 Å². The Balaban J connectivity index is 2.24. The smallest absolute Gasteiger partial charge is 0.407 e. The lowest BCUT2D eigenvalue weighted by Crippen LogP contribution is -2.35. The third-order valence-corrected chi connectivity index (χ3v) is 2.92. The Morgan fingerprint density at radius 2 is 2.12 bits per heavy atom. The molecule has 0 aromatic heterocycles. The molecule has 2 unspecified atom stereocenters. The van der Waals surface area contributed by atoms with Gasteiger partial charge in [-0.15, -0.1) is 0 Å². The molecule has 5 nitrogen and oxygen atoms in total. The standard InChI is InChI=1S/C12H23N3O2/c1-12(2,3)17-11(16)15-7-8-4-5-9(6-8)10(13)14/h8-9H,4-7H2,1-3H3,(H3,13,14)(H,15,16). The molecule has 2 atom stereocenters. The van der Waals surface area contributed by atoms with Gasteiger partial charge >= 0.3 is 6.09 Å². The Hall–Kier alpha value is -1.26. The van der Waals surface area contributed by atoms with Gasteiger partial charge in [-0.1, -0.05) is 0 Å². The van der Waals surface area contributed by atoms with Crippen LogP contribution in [-0.2, 0) is 4.74 Å². The van der Waals surface area contributed by atoms with Crippen LogP contribution in [0.25, 0.3) is 0 Å². The first-order valence-electron chi connectivity index (χ1n) is 6.08. The Kier molecular flexibility index (Phi) is 4.37. The molecule has 5 heteroatoms. The Bertz CT molecular complexity index is 297. The summed E-state index contributed by atoms with van der Waals surface area (Å²) in [6, 6.07) is 0. The zero-order valence-electron chi connectivity index (χ0n) is 10.9. The number of nitrogens with one attached hydrogen (secondary N) is 2. The summed E-state index contributed by atoms with van der Waals surface area (Å²) in [4.78, 5) is 11.4. The summed E-state index contributed by atoms with van der Waals surface area (Å²) in [7, 11) is 0. The SMILES string of the molecule is CC(C)(C)OC(=O)NCC1CCC(C(=N)N)C1. The highest BCUT2D eigenvalue weighted by molar-refractivity contribution is 5.79. The average molecular weight is 241 g/mol. The molecule has 0 bridgehead atoms. The highest BCUT2D eigenvalue weighted by Crippen LogP contribution is 2.30. The van der Waals surface area contributed by atoms with E-state index in [-0.39, 0.29) is 17.8 Å². The van der Waals surface area contributed by atoms with Crippen LogP contribution in [-0.4, -0.2) is 24.1 Å². The minimum Gasteiger partial charge on any atom is -0.444 e. The van der Waals surface area contributed by atoms with Crippen molar-refractivity contribution in [1.82, 2.24) is 5.32 Å². The minimum absolute atomic E-state index is 0.195. The molecule has 0 spiro atoms. The molecule has 1 fully saturated rings. The van der Waals surface area contributed by atoms with Crippen LogP contribution in [0.3, 0.4) is 0 Å². The molecule has 0 aromatic carbocycles. The van der Waals surface area contributed by atoms with E-state index in [1.165, 1.54) is 0 Å².